The fourth-order valence-electron chi connectivity index (χ4n) is 3.07. The summed E-state index contributed by atoms with van der Waals surface area (Å²) in [6.45, 7) is 5.95. The second kappa shape index (κ2) is 6.05. The number of aliphatic hydroxyl groups is 1. The first kappa shape index (κ1) is 15.4. The topological polar surface area (TPSA) is 76.3 Å². The van der Waals surface area contributed by atoms with Gasteiger partial charge in [-0.15, -0.1) is 0 Å². The zero-order valence-electron chi connectivity index (χ0n) is 14.1. The Kier molecular flexibility index (Phi) is 3.88. The minimum absolute atomic E-state index is 0.279. The molecular weight excluding hydrogens is 306 g/mol. The third-order valence-electron chi connectivity index (χ3n) is 4.58. The smallest absolute Gasteiger partial charge is 0.157 e. The Morgan fingerprint density at radius 3 is 2.83 bits per heavy atom. The molecule has 0 amide bonds. The van der Waals surface area contributed by atoms with Crippen molar-refractivity contribution >= 4 is 5.82 Å². The van der Waals surface area contributed by atoms with Crippen molar-refractivity contribution in [2.24, 2.45) is 0 Å². The molecule has 0 unspecified atom stereocenters. The van der Waals surface area contributed by atoms with Gasteiger partial charge in [0.25, 0.3) is 0 Å². The van der Waals surface area contributed by atoms with E-state index in [0.29, 0.717) is 24.8 Å². The zero-order chi connectivity index (χ0) is 16.7. The summed E-state index contributed by atoms with van der Waals surface area (Å²) in [6.07, 6.45) is 5.08. The summed E-state index contributed by atoms with van der Waals surface area (Å²) in [6, 6.07) is 1.98. The molecular formula is C17H23N5O2. The first-order valence-electron chi connectivity index (χ1n) is 8.60. The number of nitrogens with zero attached hydrogens (tertiary/aromatic N) is 5. The molecule has 0 spiro atoms. The van der Waals surface area contributed by atoms with Crippen molar-refractivity contribution in [3.05, 3.63) is 30.0 Å². The third-order valence-corrected chi connectivity index (χ3v) is 4.58. The van der Waals surface area contributed by atoms with Crippen LogP contribution in [0.3, 0.4) is 0 Å². The van der Waals surface area contributed by atoms with Gasteiger partial charge in [-0.2, -0.15) is 5.10 Å². The lowest BCUT2D eigenvalue weighted by molar-refractivity contribution is 0.0737. The Balaban J connectivity index is 1.48. The molecule has 1 aliphatic heterocycles. The van der Waals surface area contributed by atoms with Crippen LogP contribution in [0.15, 0.2) is 18.5 Å². The van der Waals surface area contributed by atoms with Gasteiger partial charge >= 0.3 is 0 Å². The maximum Gasteiger partial charge on any atom is 0.157 e. The highest BCUT2D eigenvalue weighted by Crippen LogP contribution is 2.38. The molecule has 7 nitrogen and oxygen atoms in total. The summed E-state index contributed by atoms with van der Waals surface area (Å²) < 4.78 is 7.73. The molecule has 2 fully saturated rings. The first-order chi connectivity index (χ1) is 11.6. The molecule has 2 aromatic heterocycles. The van der Waals surface area contributed by atoms with Crippen molar-refractivity contribution in [1.82, 2.24) is 19.7 Å². The summed E-state index contributed by atoms with van der Waals surface area (Å²) in [4.78, 5) is 11.3. The van der Waals surface area contributed by atoms with E-state index in [2.05, 4.69) is 15.0 Å². The van der Waals surface area contributed by atoms with Gasteiger partial charge in [-0.25, -0.2) is 9.97 Å². The third kappa shape index (κ3) is 3.08. The van der Waals surface area contributed by atoms with Crippen LogP contribution in [0.25, 0.3) is 0 Å². The average molecular weight is 329 g/mol. The van der Waals surface area contributed by atoms with Crippen molar-refractivity contribution in [3.8, 4) is 5.75 Å². The van der Waals surface area contributed by atoms with Gasteiger partial charge in [0.15, 0.2) is 5.75 Å². The Labute approximate surface area is 141 Å². The highest BCUT2D eigenvalue weighted by Gasteiger charge is 2.35. The van der Waals surface area contributed by atoms with Crippen molar-refractivity contribution < 1.29 is 9.84 Å². The second-order valence-electron chi connectivity index (χ2n) is 6.66. The molecule has 0 bridgehead atoms. The quantitative estimate of drug-likeness (QED) is 0.896. The van der Waals surface area contributed by atoms with Gasteiger partial charge in [-0.3, -0.25) is 4.68 Å². The number of ether oxygens (including phenoxy) is 1. The molecule has 3 heterocycles. The molecule has 128 valence electrons. The lowest BCUT2D eigenvalue weighted by atomic mass is 10.3. The summed E-state index contributed by atoms with van der Waals surface area (Å²) in [7, 11) is 0. The van der Waals surface area contributed by atoms with Crippen molar-refractivity contribution in [2.75, 3.05) is 18.0 Å². The van der Waals surface area contributed by atoms with Gasteiger partial charge in [0.05, 0.1) is 18.9 Å². The molecule has 2 aromatic rings. The van der Waals surface area contributed by atoms with Gasteiger partial charge in [0.1, 0.15) is 23.9 Å². The van der Waals surface area contributed by atoms with E-state index >= 15 is 0 Å². The number of hydrogen-bond donors (Lipinski definition) is 1. The minimum Gasteiger partial charge on any atom is -0.482 e. The maximum atomic E-state index is 10.4. The molecule has 2 aliphatic rings. The van der Waals surface area contributed by atoms with Crippen molar-refractivity contribution in [2.45, 2.75) is 51.4 Å². The van der Waals surface area contributed by atoms with E-state index in [1.54, 1.807) is 6.20 Å². The van der Waals surface area contributed by atoms with Gasteiger partial charge in [0, 0.05) is 30.8 Å². The van der Waals surface area contributed by atoms with Crippen LogP contribution in [0.5, 0.6) is 5.75 Å². The van der Waals surface area contributed by atoms with E-state index in [4.69, 9.17) is 9.72 Å². The minimum atomic E-state index is -0.547. The fraction of sp³-hybridized carbons (Fsp3) is 0.588. The molecule has 1 saturated heterocycles. The number of hydrogen-bond acceptors (Lipinski definition) is 6. The largest absolute Gasteiger partial charge is 0.482 e. The van der Waals surface area contributed by atoms with Crippen LogP contribution in [0.2, 0.25) is 0 Å². The first-order valence-corrected chi connectivity index (χ1v) is 8.60. The molecule has 1 N–H and O–H groups in total. The van der Waals surface area contributed by atoms with Crippen molar-refractivity contribution in [3.63, 3.8) is 0 Å². The van der Waals surface area contributed by atoms with Crippen LogP contribution in [0, 0.1) is 6.92 Å². The molecule has 4 rings (SSSR count). The number of aliphatic hydroxyl groups excluding tert-OH is 1. The molecule has 7 heteroatoms. The number of rotatable bonds is 5. The van der Waals surface area contributed by atoms with E-state index in [1.165, 1.54) is 12.8 Å². The van der Waals surface area contributed by atoms with Crippen LogP contribution in [-0.2, 0) is 6.54 Å². The maximum absolute atomic E-state index is 10.4. The van der Waals surface area contributed by atoms with Gasteiger partial charge in [-0.1, -0.05) is 0 Å². The normalized spacial score (nSPS) is 23.7. The number of β-amino-alcohol motifs (C(OH)–C–C–N with tert-alkyl or cyclic N) is 1. The van der Waals surface area contributed by atoms with E-state index < -0.39 is 6.10 Å². The molecule has 0 aromatic carbocycles. The predicted octanol–water partition coefficient (Wildman–Crippen LogP) is 1.51. The Morgan fingerprint density at radius 2 is 2.12 bits per heavy atom. The SMILES string of the molecule is CCn1cc(O[C@@H]2CN(c3cc(C)nc(C4CC4)n3)C[C@H]2O)cn1. The van der Waals surface area contributed by atoms with Gasteiger partial charge < -0.3 is 14.7 Å². The average Bonchev–Trinajstić information content (AvgIpc) is 3.22. The summed E-state index contributed by atoms with van der Waals surface area (Å²) in [5.41, 5.74) is 0.977. The Morgan fingerprint density at radius 1 is 1.29 bits per heavy atom. The van der Waals surface area contributed by atoms with E-state index in [0.717, 1.165) is 23.9 Å². The standard InChI is InChI=1S/C17H23N5O2/c1-3-22-8-13(7-18-22)24-15-10-21(9-14(15)23)16-6-11(2)19-17(20-16)12-4-5-12/h6-8,12,14-15,23H,3-5,9-10H2,1-2H3/t14-,15-/m1/s1. The van der Waals surface area contributed by atoms with Gasteiger partial charge in [0.2, 0.25) is 0 Å². The van der Waals surface area contributed by atoms with E-state index in [-0.39, 0.29) is 6.10 Å². The highest BCUT2D eigenvalue weighted by atomic mass is 16.5. The van der Waals surface area contributed by atoms with Gasteiger partial charge in [-0.05, 0) is 26.7 Å². The molecule has 24 heavy (non-hydrogen) atoms. The summed E-state index contributed by atoms with van der Waals surface area (Å²) in [5.74, 6) is 3.04. The van der Waals surface area contributed by atoms with Crippen LogP contribution in [-0.4, -0.2) is 50.2 Å². The Bertz CT molecular complexity index is 728. The van der Waals surface area contributed by atoms with Crippen LogP contribution in [0.1, 0.15) is 37.2 Å². The molecule has 1 aliphatic carbocycles. The molecule has 0 radical (unpaired) electrons. The Hall–Kier alpha value is -2.15. The van der Waals surface area contributed by atoms with Crippen molar-refractivity contribution in [1.29, 1.82) is 0 Å². The highest BCUT2D eigenvalue weighted by molar-refractivity contribution is 5.42. The lowest BCUT2D eigenvalue weighted by Gasteiger charge is -2.18. The number of anilines is 1. The zero-order valence-corrected chi connectivity index (χ0v) is 14.1. The monoisotopic (exact) mass is 329 g/mol. The van der Waals surface area contributed by atoms with Crippen LogP contribution < -0.4 is 9.64 Å². The number of aromatic nitrogens is 4. The predicted molar refractivity (Wildman–Crippen MR) is 89.3 cm³/mol. The van der Waals surface area contributed by atoms with E-state index in [9.17, 15) is 5.11 Å². The van der Waals surface area contributed by atoms with Crippen LogP contribution >= 0.6 is 0 Å². The molecule has 2 atom stereocenters. The summed E-state index contributed by atoms with van der Waals surface area (Å²) >= 11 is 0. The second-order valence-corrected chi connectivity index (χ2v) is 6.66. The van der Waals surface area contributed by atoms with Crippen LogP contribution in [0.4, 0.5) is 5.82 Å². The number of aryl methyl sites for hydroxylation is 2. The summed E-state index contributed by atoms with van der Waals surface area (Å²) in [5, 5.41) is 14.6. The lowest BCUT2D eigenvalue weighted by Crippen LogP contribution is -2.29. The molecule has 1 saturated carbocycles. The fourth-order valence-corrected chi connectivity index (χ4v) is 3.07. The van der Waals surface area contributed by atoms with E-state index in [1.807, 2.05) is 30.8 Å².